The SMILES string of the molecule is COCCc1cn(S(=O)(=O)Cc2ccccc2)c2ncnc(Cl)c12. The van der Waals surface area contributed by atoms with Crippen LogP contribution in [0.2, 0.25) is 5.15 Å². The molecule has 126 valence electrons. The number of hydrogen-bond acceptors (Lipinski definition) is 5. The number of rotatable bonds is 6. The van der Waals surface area contributed by atoms with Gasteiger partial charge in [-0.15, -0.1) is 0 Å². The van der Waals surface area contributed by atoms with Crippen LogP contribution in [0.15, 0.2) is 42.9 Å². The van der Waals surface area contributed by atoms with Crippen LogP contribution in [0.1, 0.15) is 11.1 Å². The molecule has 0 radical (unpaired) electrons. The predicted molar refractivity (Wildman–Crippen MR) is 92.6 cm³/mol. The van der Waals surface area contributed by atoms with Crippen LogP contribution in [0.5, 0.6) is 0 Å². The number of benzene rings is 1. The van der Waals surface area contributed by atoms with E-state index in [1.54, 1.807) is 25.4 Å². The molecule has 2 aromatic heterocycles. The van der Waals surface area contributed by atoms with Crippen molar-refractivity contribution in [1.82, 2.24) is 13.9 Å². The molecule has 3 aromatic rings. The van der Waals surface area contributed by atoms with E-state index in [2.05, 4.69) is 9.97 Å². The lowest BCUT2D eigenvalue weighted by molar-refractivity contribution is 0.202. The van der Waals surface area contributed by atoms with E-state index in [9.17, 15) is 8.42 Å². The molecule has 0 aliphatic heterocycles. The molecular weight excluding hydrogens is 350 g/mol. The summed E-state index contributed by atoms with van der Waals surface area (Å²) in [5, 5.41) is 0.785. The van der Waals surface area contributed by atoms with E-state index in [1.807, 2.05) is 18.2 Å². The third-order valence-corrected chi connectivity index (χ3v) is 5.51. The van der Waals surface area contributed by atoms with Gasteiger partial charge in [-0.05, 0) is 17.5 Å². The van der Waals surface area contributed by atoms with Crippen molar-refractivity contribution in [2.75, 3.05) is 13.7 Å². The van der Waals surface area contributed by atoms with Gasteiger partial charge in [-0.2, -0.15) is 0 Å². The predicted octanol–water partition coefficient (Wildman–Crippen LogP) is 2.65. The largest absolute Gasteiger partial charge is 0.384 e. The zero-order valence-corrected chi connectivity index (χ0v) is 14.6. The molecule has 0 aliphatic rings. The van der Waals surface area contributed by atoms with Crippen LogP contribution in [0.3, 0.4) is 0 Å². The number of methoxy groups -OCH3 is 1. The summed E-state index contributed by atoms with van der Waals surface area (Å²) in [6.07, 6.45) is 3.34. The molecule has 0 fully saturated rings. The van der Waals surface area contributed by atoms with E-state index in [4.69, 9.17) is 16.3 Å². The summed E-state index contributed by atoms with van der Waals surface area (Å²) in [6.45, 7) is 0.447. The Morgan fingerprint density at radius 3 is 2.67 bits per heavy atom. The molecular formula is C16H16ClN3O3S. The van der Waals surface area contributed by atoms with Gasteiger partial charge in [0.1, 0.15) is 11.5 Å². The van der Waals surface area contributed by atoms with Gasteiger partial charge < -0.3 is 4.74 Å². The number of aromatic nitrogens is 3. The average Bonchev–Trinajstić information content (AvgIpc) is 2.94. The smallest absolute Gasteiger partial charge is 0.244 e. The molecule has 8 heteroatoms. The van der Waals surface area contributed by atoms with Crippen LogP contribution in [0, 0.1) is 0 Å². The molecule has 0 atom stereocenters. The van der Waals surface area contributed by atoms with Gasteiger partial charge in [0.05, 0.1) is 17.7 Å². The first-order valence-corrected chi connectivity index (χ1v) is 9.28. The van der Waals surface area contributed by atoms with Crippen molar-refractivity contribution in [3.8, 4) is 0 Å². The first kappa shape index (κ1) is 16.9. The summed E-state index contributed by atoms with van der Waals surface area (Å²) < 4.78 is 32.0. The normalized spacial score (nSPS) is 11.9. The van der Waals surface area contributed by atoms with Crippen molar-refractivity contribution < 1.29 is 13.2 Å². The van der Waals surface area contributed by atoms with E-state index in [0.29, 0.717) is 24.0 Å². The first-order chi connectivity index (χ1) is 11.5. The maximum Gasteiger partial charge on any atom is 0.244 e. The van der Waals surface area contributed by atoms with Crippen molar-refractivity contribution in [2.24, 2.45) is 0 Å². The van der Waals surface area contributed by atoms with Gasteiger partial charge in [0, 0.05) is 13.3 Å². The number of ether oxygens (including phenoxy) is 1. The Kier molecular flexibility index (Phi) is 4.84. The van der Waals surface area contributed by atoms with E-state index < -0.39 is 10.0 Å². The highest BCUT2D eigenvalue weighted by Gasteiger charge is 2.22. The van der Waals surface area contributed by atoms with Gasteiger partial charge >= 0.3 is 0 Å². The average molecular weight is 366 g/mol. The summed E-state index contributed by atoms with van der Waals surface area (Å²) in [7, 11) is -2.05. The number of halogens is 1. The van der Waals surface area contributed by atoms with Gasteiger partial charge in [0.25, 0.3) is 0 Å². The number of hydrogen-bond donors (Lipinski definition) is 0. The van der Waals surface area contributed by atoms with Crippen LogP contribution in [0.25, 0.3) is 11.0 Å². The Bertz CT molecular complexity index is 955. The fourth-order valence-corrected chi connectivity index (χ4v) is 4.23. The Morgan fingerprint density at radius 2 is 1.96 bits per heavy atom. The van der Waals surface area contributed by atoms with Crippen molar-refractivity contribution in [3.05, 3.63) is 59.1 Å². The molecule has 0 aliphatic carbocycles. The molecule has 0 unspecified atom stereocenters. The maximum absolute atomic E-state index is 12.8. The second-order valence-corrected chi connectivity index (χ2v) is 7.50. The minimum Gasteiger partial charge on any atom is -0.384 e. The fourth-order valence-electron chi connectivity index (χ4n) is 2.53. The number of fused-ring (bicyclic) bond motifs is 1. The Labute approximate surface area is 145 Å². The summed E-state index contributed by atoms with van der Waals surface area (Å²) in [5.41, 5.74) is 1.74. The number of nitrogens with zero attached hydrogens (tertiary/aromatic N) is 3. The van der Waals surface area contributed by atoms with Crippen LogP contribution in [0.4, 0.5) is 0 Å². The third kappa shape index (κ3) is 3.28. The van der Waals surface area contributed by atoms with Gasteiger partial charge in [0.2, 0.25) is 10.0 Å². The van der Waals surface area contributed by atoms with Crippen LogP contribution in [-0.2, 0) is 26.9 Å². The molecule has 6 nitrogen and oxygen atoms in total. The van der Waals surface area contributed by atoms with Crippen molar-refractivity contribution >= 4 is 32.7 Å². The first-order valence-electron chi connectivity index (χ1n) is 7.29. The fraction of sp³-hybridized carbons (Fsp3) is 0.250. The molecule has 1 aromatic carbocycles. The molecule has 0 amide bonds. The van der Waals surface area contributed by atoms with Crippen LogP contribution >= 0.6 is 11.6 Å². The minimum atomic E-state index is -3.63. The van der Waals surface area contributed by atoms with E-state index in [1.165, 1.54) is 10.3 Å². The highest BCUT2D eigenvalue weighted by Crippen LogP contribution is 2.28. The third-order valence-electron chi connectivity index (χ3n) is 3.65. The van der Waals surface area contributed by atoms with Crippen molar-refractivity contribution in [1.29, 1.82) is 0 Å². The molecule has 24 heavy (non-hydrogen) atoms. The quantitative estimate of drug-likeness (QED) is 0.628. The van der Waals surface area contributed by atoms with Crippen LogP contribution in [-0.4, -0.2) is 36.1 Å². The lowest BCUT2D eigenvalue weighted by atomic mass is 10.2. The van der Waals surface area contributed by atoms with Gasteiger partial charge in [-0.3, -0.25) is 0 Å². The van der Waals surface area contributed by atoms with Gasteiger partial charge in [0.15, 0.2) is 5.65 Å². The zero-order valence-electron chi connectivity index (χ0n) is 13.0. The second kappa shape index (κ2) is 6.88. The van der Waals surface area contributed by atoms with Crippen molar-refractivity contribution in [2.45, 2.75) is 12.2 Å². The summed E-state index contributed by atoms with van der Waals surface area (Å²) >= 11 is 6.16. The lowest BCUT2D eigenvalue weighted by Crippen LogP contribution is -2.14. The monoisotopic (exact) mass is 365 g/mol. The minimum absolute atomic E-state index is 0.122. The summed E-state index contributed by atoms with van der Waals surface area (Å²) in [4.78, 5) is 8.09. The maximum atomic E-state index is 12.8. The van der Waals surface area contributed by atoms with Crippen molar-refractivity contribution in [3.63, 3.8) is 0 Å². The topological polar surface area (TPSA) is 74.1 Å². The van der Waals surface area contributed by atoms with Gasteiger partial charge in [-0.25, -0.2) is 22.4 Å². The molecule has 0 saturated heterocycles. The molecule has 0 saturated carbocycles. The lowest BCUT2D eigenvalue weighted by Gasteiger charge is -2.06. The van der Waals surface area contributed by atoms with Crippen LogP contribution < -0.4 is 0 Å². The van der Waals surface area contributed by atoms with E-state index in [0.717, 1.165) is 5.56 Å². The Balaban J connectivity index is 2.10. The van der Waals surface area contributed by atoms with Gasteiger partial charge in [-0.1, -0.05) is 41.9 Å². The van der Waals surface area contributed by atoms with E-state index >= 15 is 0 Å². The standard InChI is InChI=1S/C16H16ClN3O3S/c1-23-8-7-13-9-20(16-14(13)15(17)18-11-19-16)24(21,22)10-12-5-3-2-4-6-12/h2-6,9,11H,7-8,10H2,1H3. The van der Waals surface area contributed by atoms with E-state index in [-0.39, 0.29) is 16.6 Å². The molecule has 0 spiro atoms. The zero-order chi connectivity index (χ0) is 17.2. The highest BCUT2D eigenvalue weighted by molar-refractivity contribution is 7.89. The Morgan fingerprint density at radius 1 is 1.21 bits per heavy atom. The summed E-state index contributed by atoms with van der Waals surface area (Å²) in [6, 6.07) is 9.01. The molecule has 2 heterocycles. The second-order valence-electron chi connectivity index (χ2n) is 5.30. The Hall–Kier alpha value is -1.96. The summed E-state index contributed by atoms with van der Waals surface area (Å²) in [5.74, 6) is -0.122. The molecule has 0 bridgehead atoms. The molecule has 0 N–H and O–H groups in total. The molecule has 3 rings (SSSR count). The highest BCUT2D eigenvalue weighted by atomic mass is 35.5.